The third-order valence-electron chi connectivity index (χ3n) is 2.82. The average Bonchev–Trinajstić information content (AvgIpc) is 2.45. The van der Waals surface area contributed by atoms with E-state index >= 15 is 0 Å². The molecule has 0 saturated carbocycles. The molecule has 0 amide bonds. The minimum atomic E-state index is -4.64. The average molecular weight is 308 g/mol. The molecule has 2 rings (SSSR count). The van der Waals surface area contributed by atoms with Crippen molar-refractivity contribution in [3.63, 3.8) is 0 Å². The molecule has 112 valence electrons. The zero-order valence-electron chi connectivity index (χ0n) is 10.8. The second-order valence-electron chi connectivity index (χ2n) is 4.21. The van der Waals surface area contributed by atoms with Crippen LogP contribution in [0.4, 0.5) is 24.5 Å². The van der Waals surface area contributed by atoms with Gasteiger partial charge in [-0.25, -0.2) is 4.98 Å². The van der Waals surface area contributed by atoms with E-state index in [2.05, 4.69) is 4.98 Å². The molecular weight excluding hydrogens is 301 g/mol. The summed E-state index contributed by atoms with van der Waals surface area (Å²) in [4.78, 5) is 13.6. The van der Waals surface area contributed by atoms with Gasteiger partial charge in [0.25, 0.3) is 0 Å². The summed E-state index contributed by atoms with van der Waals surface area (Å²) in [7, 11) is 0. The van der Waals surface area contributed by atoms with Crippen molar-refractivity contribution in [1.29, 1.82) is 5.26 Å². The topological polar surface area (TPSA) is 106 Å². The second-order valence-corrected chi connectivity index (χ2v) is 4.21. The van der Waals surface area contributed by atoms with E-state index in [1.807, 2.05) is 0 Å². The fraction of sp³-hybridized carbons (Fsp3) is 0.0769. The Morgan fingerprint density at radius 2 is 1.95 bits per heavy atom. The first kappa shape index (κ1) is 15.2. The molecule has 0 saturated heterocycles. The Kier molecular flexibility index (Phi) is 3.69. The Hall–Kier alpha value is -3.15. The number of alkyl halides is 3. The number of pyridine rings is 1. The number of halogens is 3. The van der Waals surface area contributed by atoms with E-state index in [-0.39, 0.29) is 11.3 Å². The van der Waals surface area contributed by atoms with Crippen LogP contribution in [0.25, 0.3) is 11.3 Å². The number of nitrogens with zero attached hydrogens (tertiary/aromatic N) is 3. The van der Waals surface area contributed by atoms with Gasteiger partial charge in [-0.05, 0) is 12.1 Å². The summed E-state index contributed by atoms with van der Waals surface area (Å²) < 4.78 is 39.0. The molecule has 0 bridgehead atoms. The number of nitriles is 1. The Morgan fingerprint density at radius 1 is 1.32 bits per heavy atom. The van der Waals surface area contributed by atoms with Crippen molar-refractivity contribution in [2.75, 3.05) is 5.73 Å². The minimum Gasteiger partial charge on any atom is -0.393 e. The van der Waals surface area contributed by atoms with E-state index in [1.54, 1.807) is 0 Å². The van der Waals surface area contributed by atoms with Crippen LogP contribution in [0.5, 0.6) is 0 Å². The molecule has 0 spiro atoms. The molecule has 0 aliphatic rings. The first-order chi connectivity index (χ1) is 10.3. The van der Waals surface area contributed by atoms with Crippen molar-refractivity contribution < 1.29 is 18.1 Å². The quantitative estimate of drug-likeness (QED) is 0.677. The summed E-state index contributed by atoms with van der Waals surface area (Å²) in [6, 6.07) is 6.98. The first-order valence-electron chi connectivity index (χ1n) is 5.77. The Morgan fingerprint density at radius 3 is 2.50 bits per heavy atom. The van der Waals surface area contributed by atoms with E-state index < -0.39 is 33.7 Å². The highest BCUT2D eigenvalue weighted by molar-refractivity contribution is 5.74. The van der Waals surface area contributed by atoms with Crippen LogP contribution >= 0.6 is 0 Å². The Labute approximate surface area is 121 Å². The number of aromatic nitrogens is 1. The largest absolute Gasteiger partial charge is 0.417 e. The van der Waals surface area contributed by atoms with Crippen molar-refractivity contribution >= 4 is 11.4 Å². The fourth-order valence-corrected chi connectivity index (χ4v) is 1.92. The smallest absolute Gasteiger partial charge is 0.393 e. The summed E-state index contributed by atoms with van der Waals surface area (Å²) in [6.07, 6.45) is -4.64. The van der Waals surface area contributed by atoms with Gasteiger partial charge in [-0.2, -0.15) is 18.4 Å². The maximum atomic E-state index is 13.0. The third kappa shape index (κ3) is 2.67. The number of anilines is 1. The van der Waals surface area contributed by atoms with E-state index in [0.717, 1.165) is 18.2 Å². The summed E-state index contributed by atoms with van der Waals surface area (Å²) in [6.45, 7) is 0. The van der Waals surface area contributed by atoms with Gasteiger partial charge < -0.3 is 5.73 Å². The van der Waals surface area contributed by atoms with Gasteiger partial charge in [0.2, 0.25) is 5.69 Å². The van der Waals surface area contributed by atoms with Gasteiger partial charge in [-0.15, -0.1) is 0 Å². The monoisotopic (exact) mass is 308 g/mol. The molecular formula is C13H7F3N4O2. The van der Waals surface area contributed by atoms with Gasteiger partial charge in [0.15, 0.2) is 0 Å². The van der Waals surface area contributed by atoms with Crippen LogP contribution < -0.4 is 5.73 Å². The normalized spacial score (nSPS) is 11.0. The minimum absolute atomic E-state index is 0.257. The van der Waals surface area contributed by atoms with Crippen LogP contribution in [0.1, 0.15) is 11.3 Å². The van der Waals surface area contributed by atoms with Gasteiger partial charge in [0.05, 0.1) is 16.2 Å². The summed E-state index contributed by atoms with van der Waals surface area (Å²) in [5, 5.41) is 19.7. The second kappa shape index (κ2) is 5.33. The maximum Gasteiger partial charge on any atom is 0.417 e. The molecule has 1 aromatic carbocycles. The summed E-state index contributed by atoms with van der Waals surface area (Å²) in [5.41, 5.74) is 2.14. The first-order valence-corrected chi connectivity index (χ1v) is 5.77. The lowest BCUT2D eigenvalue weighted by molar-refractivity contribution is -0.384. The summed E-state index contributed by atoms with van der Waals surface area (Å²) in [5.74, 6) is 0. The molecule has 2 N–H and O–H groups in total. The van der Waals surface area contributed by atoms with Crippen LogP contribution in [0.3, 0.4) is 0 Å². The van der Waals surface area contributed by atoms with E-state index in [4.69, 9.17) is 11.0 Å². The van der Waals surface area contributed by atoms with Crippen molar-refractivity contribution in [3.8, 4) is 17.3 Å². The molecule has 1 heterocycles. The molecule has 2 aromatic rings. The number of benzene rings is 1. The molecule has 1 aromatic heterocycles. The molecule has 0 radical (unpaired) electrons. The van der Waals surface area contributed by atoms with Crippen LogP contribution in [0.15, 0.2) is 30.3 Å². The number of nitro groups is 1. The van der Waals surface area contributed by atoms with Gasteiger partial charge >= 0.3 is 11.9 Å². The highest BCUT2D eigenvalue weighted by Crippen LogP contribution is 2.38. The zero-order valence-corrected chi connectivity index (χ0v) is 10.8. The molecule has 6 nitrogen and oxygen atoms in total. The fourth-order valence-electron chi connectivity index (χ4n) is 1.92. The number of rotatable bonds is 2. The SMILES string of the molecule is N#Cc1nc(-c2ccccc2C(F)(F)F)cc(N)c1[N+](=O)[O-]. The Balaban J connectivity index is 2.74. The lowest BCUT2D eigenvalue weighted by atomic mass is 10.0. The molecule has 0 aliphatic heterocycles. The van der Waals surface area contributed by atoms with Crippen LogP contribution in [0, 0.1) is 21.4 Å². The lowest BCUT2D eigenvalue weighted by Crippen LogP contribution is -2.08. The van der Waals surface area contributed by atoms with Gasteiger partial charge in [0, 0.05) is 5.56 Å². The highest BCUT2D eigenvalue weighted by Gasteiger charge is 2.34. The molecule has 0 aliphatic carbocycles. The highest BCUT2D eigenvalue weighted by atomic mass is 19.4. The van der Waals surface area contributed by atoms with E-state index in [9.17, 15) is 23.3 Å². The number of nitrogen functional groups attached to an aromatic ring is 1. The standard InChI is InChI=1S/C13H7F3N4O2/c14-13(15,16)8-4-2-1-3-7(8)10-5-9(18)12(20(21)22)11(6-17)19-10/h1-5H,(H2,18,19). The zero-order chi connectivity index (χ0) is 16.5. The van der Waals surface area contributed by atoms with Crippen LogP contribution in [-0.4, -0.2) is 9.91 Å². The van der Waals surface area contributed by atoms with Crippen LogP contribution in [0.2, 0.25) is 0 Å². The number of hydrogen-bond acceptors (Lipinski definition) is 5. The van der Waals surface area contributed by atoms with Gasteiger partial charge in [-0.3, -0.25) is 10.1 Å². The molecule has 0 atom stereocenters. The van der Waals surface area contributed by atoms with Crippen LogP contribution in [-0.2, 0) is 6.18 Å². The van der Waals surface area contributed by atoms with E-state index in [0.29, 0.717) is 0 Å². The summed E-state index contributed by atoms with van der Waals surface area (Å²) >= 11 is 0. The lowest BCUT2D eigenvalue weighted by Gasteiger charge is -2.12. The molecule has 0 fully saturated rings. The number of nitrogens with two attached hydrogens (primary N) is 1. The Bertz CT molecular complexity index is 797. The van der Waals surface area contributed by atoms with Gasteiger partial charge in [-0.1, -0.05) is 18.2 Å². The maximum absolute atomic E-state index is 13.0. The van der Waals surface area contributed by atoms with E-state index in [1.165, 1.54) is 18.2 Å². The van der Waals surface area contributed by atoms with Gasteiger partial charge in [0.1, 0.15) is 11.8 Å². The van der Waals surface area contributed by atoms with Crippen molar-refractivity contribution in [2.45, 2.75) is 6.18 Å². The third-order valence-corrected chi connectivity index (χ3v) is 2.82. The predicted octanol–water partition coefficient (Wildman–Crippen LogP) is 3.13. The van der Waals surface area contributed by atoms with Crippen molar-refractivity contribution in [2.24, 2.45) is 0 Å². The molecule has 9 heteroatoms. The van der Waals surface area contributed by atoms with Crippen molar-refractivity contribution in [1.82, 2.24) is 4.98 Å². The number of hydrogen-bond donors (Lipinski definition) is 1. The molecule has 22 heavy (non-hydrogen) atoms. The predicted molar refractivity (Wildman–Crippen MR) is 70.5 cm³/mol. The molecule has 0 unspecified atom stereocenters. The van der Waals surface area contributed by atoms with Crippen molar-refractivity contribution in [3.05, 3.63) is 51.7 Å².